The highest BCUT2D eigenvalue weighted by Gasteiger charge is 2.80. The molecular formula is C33H40O10. The number of benzene rings is 1. The standard InChI is InChI=1S/C33H40O10/c1-21(34)40-20-33-25(11-8-15-32(33)19-41-32)30(3,16-14-24-17-27(37)39-18-24)31(4,38)28(42-22(2)35)29(33)43-26(36)13-12-23-9-6-5-7-10-23/h5-7,9-10,12-13,17,25,28-29,38H,8,11,14-16,18-20H2,1-4H3/t25-,28+,29+,30-,31+,32+,33+/m1/s1. The zero-order valence-electron chi connectivity index (χ0n) is 25.1. The molecule has 7 atom stereocenters. The molecule has 0 bridgehead atoms. The van der Waals surface area contributed by atoms with Crippen LogP contribution in [-0.2, 0) is 42.9 Å². The number of cyclic esters (lactones) is 1. The number of carbonyl (C=O) groups excluding carboxylic acids is 4. The summed E-state index contributed by atoms with van der Waals surface area (Å²) in [6, 6.07) is 9.24. The van der Waals surface area contributed by atoms with Crippen LogP contribution in [0.4, 0.5) is 0 Å². The summed E-state index contributed by atoms with van der Waals surface area (Å²) in [5.74, 6) is -2.66. The number of fused-ring (bicyclic) bond motifs is 2. The third kappa shape index (κ3) is 5.51. The van der Waals surface area contributed by atoms with Crippen molar-refractivity contribution in [3.8, 4) is 0 Å². The topological polar surface area (TPSA) is 138 Å². The van der Waals surface area contributed by atoms with Crippen LogP contribution in [0.2, 0.25) is 0 Å². The fourth-order valence-electron chi connectivity index (χ4n) is 7.84. The lowest BCUT2D eigenvalue weighted by atomic mass is 9.41. The third-order valence-corrected chi connectivity index (χ3v) is 10.2. The maximum Gasteiger partial charge on any atom is 0.331 e. The largest absolute Gasteiger partial charge is 0.465 e. The minimum atomic E-state index is -1.70. The van der Waals surface area contributed by atoms with Crippen molar-refractivity contribution in [2.24, 2.45) is 16.7 Å². The van der Waals surface area contributed by atoms with E-state index in [-0.39, 0.29) is 19.1 Å². The minimum Gasteiger partial charge on any atom is -0.465 e. The number of epoxide rings is 1. The van der Waals surface area contributed by atoms with E-state index in [2.05, 4.69) is 0 Å². The molecule has 43 heavy (non-hydrogen) atoms. The second-order valence-corrected chi connectivity index (χ2v) is 12.7. The Hall–Kier alpha value is -3.50. The fraction of sp³-hybridized carbons (Fsp3) is 0.576. The molecule has 1 aromatic carbocycles. The lowest BCUT2D eigenvalue weighted by Crippen LogP contribution is -2.77. The van der Waals surface area contributed by atoms with Crippen LogP contribution in [0.3, 0.4) is 0 Å². The Labute approximate surface area is 251 Å². The minimum absolute atomic E-state index is 0.152. The molecule has 2 aliphatic carbocycles. The quantitative estimate of drug-likeness (QED) is 0.194. The number of ether oxygens (including phenoxy) is 5. The normalized spacial score (nSPS) is 36.4. The molecule has 4 aliphatic rings. The van der Waals surface area contributed by atoms with E-state index in [1.807, 2.05) is 37.3 Å². The predicted octanol–water partition coefficient (Wildman–Crippen LogP) is 3.70. The van der Waals surface area contributed by atoms with Crippen LogP contribution in [0.15, 0.2) is 48.1 Å². The second kappa shape index (κ2) is 11.5. The van der Waals surface area contributed by atoms with Gasteiger partial charge in [-0.05, 0) is 55.7 Å². The summed E-state index contributed by atoms with van der Waals surface area (Å²) < 4.78 is 29.1. The summed E-state index contributed by atoms with van der Waals surface area (Å²) in [4.78, 5) is 50.1. The van der Waals surface area contributed by atoms with Gasteiger partial charge < -0.3 is 28.8 Å². The van der Waals surface area contributed by atoms with Crippen LogP contribution in [0, 0.1) is 16.7 Å². The molecule has 10 nitrogen and oxygen atoms in total. The molecule has 0 amide bonds. The Morgan fingerprint density at radius 1 is 1.07 bits per heavy atom. The second-order valence-electron chi connectivity index (χ2n) is 12.7. The highest BCUT2D eigenvalue weighted by Crippen LogP contribution is 2.70. The Balaban J connectivity index is 1.62. The number of hydrogen-bond acceptors (Lipinski definition) is 10. The van der Waals surface area contributed by atoms with E-state index in [1.54, 1.807) is 13.0 Å². The molecule has 2 saturated carbocycles. The number of hydrogen-bond donors (Lipinski definition) is 1. The Morgan fingerprint density at radius 2 is 1.79 bits per heavy atom. The van der Waals surface area contributed by atoms with Gasteiger partial charge in [0.15, 0.2) is 12.2 Å². The summed E-state index contributed by atoms with van der Waals surface area (Å²) in [5.41, 5.74) is -3.03. The van der Waals surface area contributed by atoms with E-state index in [4.69, 9.17) is 23.7 Å². The average Bonchev–Trinajstić information content (AvgIpc) is 3.62. The summed E-state index contributed by atoms with van der Waals surface area (Å²) in [6.45, 7) is 6.46. The highest BCUT2D eigenvalue weighted by atomic mass is 16.6. The molecule has 0 aromatic heterocycles. The summed E-state index contributed by atoms with van der Waals surface area (Å²) >= 11 is 0. The van der Waals surface area contributed by atoms with E-state index >= 15 is 0 Å². The van der Waals surface area contributed by atoms with Crippen molar-refractivity contribution in [1.82, 2.24) is 0 Å². The van der Waals surface area contributed by atoms with Gasteiger partial charge in [-0.25, -0.2) is 9.59 Å². The van der Waals surface area contributed by atoms with Gasteiger partial charge in [-0.1, -0.05) is 43.7 Å². The third-order valence-electron chi connectivity index (χ3n) is 10.2. The molecule has 2 heterocycles. The highest BCUT2D eigenvalue weighted by molar-refractivity contribution is 5.87. The number of aliphatic hydroxyl groups is 1. The molecule has 1 aromatic rings. The van der Waals surface area contributed by atoms with Crippen LogP contribution in [-0.4, -0.2) is 72.2 Å². The smallest absolute Gasteiger partial charge is 0.331 e. The van der Waals surface area contributed by atoms with E-state index in [1.165, 1.54) is 26.0 Å². The van der Waals surface area contributed by atoms with Crippen LogP contribution in [0.25, 0.3) is 6.08 Å². The molecule has 5 rings (SSSR count). The summed E-state index contributed by atoms with van der Waals surface area (Å²) in [6.07, 6.45) is 4.73. The molecule has 0 unspecified atom stereocenters. The Kier molecular flexibility index (Phi) is 8.30. The van der Waals surface area contributed by atoms with Crippen molar-refractivity contribution in [3.63, 3.8) is 0 Å². The molecule has 2 aliphatic heterocycles. The number of esters is 4. The fourth-order valence-corrected chi connectivity index (χ4v) is 7.84. The van der Waals surface area contributed by atoms with Gasteiger partial charge in [-0.2, -0.15) is 0 Å². The Morgan fingerprint density at radius 3 is 2.40 bits per heavy atom. The van der Waals surface area contributed by atoms with E-state index in [0.717, 1.165) is 17.6 Å². The van der Waals surface area contributed by atoms with Crippen molar-refractivity contribution in [2.75, 3.05) is 19.8 Å². The monoisotopic (exact) mass is 596 g/mol. The first-order valence-electron chi connectivity index (χ1n) is 14.8. The van der Waals surface area contributed by atoms with Crippen molar-refractivity contribution < 1.29 is 48.0 Å². The van der Waals surface area contributed by atoms with Crippen molar-refractivity contribution in [3.05, 3.63) is 53.6 Å². The van der Waals surface area contributed by atoms with Crippen molar-refractivity contribution >= 4 is 30.0 Å². The first-order valence-corrected chi connectivity index (χ1v) is 14.8. The van der Waals surface area contributed by atoms with Crippen LogP contribution < -0.4 is 0 Å². The first kappa shape index (κ1) is 30.9. The van der Waals surface area contributed by atoms with Gasteiger partial charge in [-0.3, -0.25) is 9.59 Å². The number of rotatable bonds is 9. The van der Waals surface area contributed by atoms with Gasteiger partial charge >= 0.3 is 23.9 Å². The van der Waals surface area contributed by atoms with Crippen molar-refractivity contribution in [1.29, 1.82) is 0 Å². The molecule has 10 heteroatoms. The zero-order chi connectivity index (χ0) is 31.0. The SMILES string of the molecule is CC(=O)OC[C@@]12[C@@H](OC(=O)C=Cc3ccccc3)[C@H](OC(C)=O)[C@](C)(O)[C@](C)(CCC3=CC(=O)OC3)[C@H]1CCC[C@]21CO1. The average molecular weight is 597 g/mol. The van der Waals surface area contributed by atoms with Gasteiger partial charge in [0, 0.05) is 31.4 Å². The number of carbonyl (C=O) groups is 4. The molecule has 1 N–H and O–H groups in total. The molecule has 1 spiro atoms. The van der Waals surface area contributed by atoms with E-state index < -0.39 is 58.1 Å². The van der Waals surface area contributed by atoms with E-state index in [9.17, 15) is 24.3 Å². The maximum absolute atomic E-state index is 13.5. The van der Waals surface area contributed by atoms with Crippen molar-refractivity contribution in [2.45, 2.75) is 83.2 Å². The van der Waals surface area contributed by atoms with Gasteiger partial charge in [0.2, 0.25) is 0 Å². The maximum atomic E-state index is 13.5. The lowest BCUT2D eigenvalue weighted by Gasteiger charge is -2.67. The van der Waals surface area contributed by atoms with Gasteiger partial charge in [-0.15, -0.1) is 0 Å². The lowest BCUT2D eigenvalue weighted by molar-refractivity contribution is -0.311. The van der Waals surface area contributed by atoms with Gasteiger partial charge in [0.25, 0.3) is 0 Å². The van der Waals surface area contributed by atoms with E-state index in [0.29, 0.717) is 32.3 Å². The molecule has 3 fully saturated rings. The Bertz CT molecular complexity index is 1330. The molecular weight excluding hydrogens is 556 g/mol. The molecule has 1 saturated heterocycles. The predicted molar refractivity (Wildman–Crippen MR) is 153 cm³/mol. The summed E-state index contributed by atoms with van der Waals surface area (Å²) in [7, 11) is 0. The van der Waals surface area contributed by atoms with Crippen LogP contribution in [0.1, 0.15) is 65.4 Å². The van der Waals surface area contributed by atoms with Crippen LogP contribution in [0.5, 0.6) is 0 Å². The molecule has 232 valence electrons. The first-order chi connectivity index (χ1) is 20.3. The summed E-state index contributed by atoms with van der Waals surface area (Å²) in [5, 5.41) is 12.5. The zero-order valence-corrected chi connectivity index (χ0v) is 25.1. The van der Waals surface area contributed by atoms with Gasteiger partial charge in [0.1, 0.15) is 24.4 Å². The van der Waals surface area contributed by atoms with Gasteiger partial charge in [0.05, 0.1) is 12.0 Å². The molecule has 0 radical (unpaired) electrons. The van der Waals surface area contributed by atoms with Crippen LogP contribution >= 0.6 is 0 Å².